The van der Waals surface area contributed by atoms with Gasteiger partial charge in [0.05, 0.1) is 5.52 Å². The molecule has 0 aliphatic carbocycles. The van der Waals surface area contributed by atoms with Crippen LogP contribution in [0.15, 0.2) is 65.7 Å². The van der Waals surface area contributed by atoms with Crippen LogP contribution in [-0.2, 0) is 0 Å². The third kappa shape index (κ3) is 2.67. The molecule has 2 aromatic carbocycles. The van der Waals surface area contributed by atoms with Gasteiger partial charge in [-0.1, -0.05) is 36.4 Å². The van der Waals surface area contributed by atoms with Crippen LogP contribution in [0.2, 0.25) is 0 Å². The number of rotatable bonds is 3. The Morgan fingerprint density at radius 1 is 0.909 bits per heavy atom. The monoisotopic (exact) mass is 308 g/mol. The van der Waals surface area contributed by atoms with Crippen LogP contribution < -0.4 is 5.32 Å². The van der Waals surface area contributed by atoms with Gasteiger partial charge in [0.2, 0.25) is 0 Å². The Labute approximate surface area is 135 Å². The van der Waals surface area contributed by atoms with E-state index in [2.05, 4.69) is 70.1 Å². The Balaban J connectivity index is 1.68. The quantitative estimate of drug-likeness (QED) is 0.757. The first kappa shape index (κ1) is 13.9. The van der Waals surface area contributed by atoms with Crippen molar-refractivity contribution in [3.05, 3.63) is 66.4 Å². The molecular formula is C19H20N2S. The molecule has 0 saturated carbocycles. The summed E-state index contributed by atoms with van der Waals surface area (Å²) in [5.74, 6) is 0.687. The van der Waals surface area contributed by atoms with Crippen LogP contribution >= 0.6 is 11.9 Å². The predicted octanol–water partition coefficient (Wildman–Crippen LogP) is 4.66. The number of hydrogen-bond acceptors (Lipinski definition) is 2. The fourth-order valence-corrected chi connectivity index (χ4v) is 4.35. The van der Waals surface area contributed by atoms with Gasteiger partial charge in [0.1, 0.15) is 0 Å². The smallest absolute Gasteiger partial charge is 0.0594 e. The van der Waals surface area contributed by atoms with Crippen LogP contribution in [0.5, 0.6) is 0 Å². The number of fused-ring (bicyclic) bond motifs is 1. The lowest BCUT2D eigenvalue weighted by molar-refractivity contribution is 0.456. The molecule has 112 valence electrons. The molecule has 3 aromatic rings. The zero-order valence-electron chi connectivity index (χ0n) is 12.5. The van der Waals surface area contributed by atoms with Gasteiger partial charge >= 0.3 is 0 Å². The molecule has 0 amide bonds. The zero-order valence-corrected chi connectivity index (χ0v) is 13.4. The Kier molecular flexibility index (Phi) is 3.92. The number of hydrogen-bond donors (Lipinski definition) is 1. The van der Waals surface area contributed by atoms with E-state index in [-0.39, 0.29) is 0 Å². The molecule has 1 aliphatic heterocycles. The highest BCUT2D eigenvalue weighted by molar-refractivity contribution is 7.98. The van der Waals surface area contributed by atoms with Gasteiger partial charge in [-0.2, -0.15) is 0 Å². The summed E-state index contributed by atoms with van der Waals surface area (Å²) in [6.07, 6.45) is 4.66. The minimum atomic E-state index is 0.687. The fourth-order valence-electron chi connectivity index (χ4n) is 3.28. The van der Waals surface area contributed by atoms with E-state index < -0.39 is 0 Å². The summed E-state index contributed by atoms with van der Waals surface area (Å²) in [5.41, 5.74) is 2.79. The lowest BCUT2D eigenvalue weighted by Gasteiger charge is -2.25. The normalized spacial score (nSPS) is 16.2. The van der Waals surface area contributed by atoms with Gasteiger partial charge in [-0.05, 0) is 67.6 Å². The summed E-state index contributed by atoms with van der Waals surface area (Å²) in [7, 11) is 0. The average Bonchev–Trinajstić information content (AvgIpc) is 2.99. The molecule has 1 N–H and O–H groups in total. The summed E-state index contributed by atoms with van der Waals surface area (Å²) in [6, 6.07) is 19.7. The van der Waals surface area contributed by atoms with E-state index >= 15 is 0 Å². The topological polar surface area (TPSA) is 17.0 Å². The van der Waals surface area contributed by atoms with E-state index in [0.717, 1.165) is 13.1 Å². The molecule has 22 heavy (non-hydrogen) atoms. The van der Waals surface area contributed by atoms with Gasteiger partial charge in [0.15, 0.2) is 0 Å². The minimum absolute atomic E-state index is 0.687. The van der Waals surface area contributed by atoms with Crippen molar-refractivity contribution in [2.24, 2.45) is 0 Å². The first-order valence-electron chi connectivity index (χ1n) is 7.96. The molecule has 1 aliphatic rings. The van der Waals surface area contributed by atoms with Gasteiger partial charge in [-0.3, -0.25) is 3.97 Å². The summed E-state index contributed by atoms with van der Waals surface area (Å²) in [5, 5.41) is 4.76. The van der Waals surface area contributed by atoms with E-state index in [0.29, 0.717) is 5.92 Å². The largest absolute Gasteiger partial charge is 0.317 e. The SMILES string of the molecule is c1ccc(C2CCNCC2)c(Sn2ccc3ccccc32)c1. The van der Waals surface area contributed by atoms with Gasteiger partial charge < -0.3 is 5.32 Å². The molecule has 0 spiro atoms. The van der Waals surface area contributed by atoms with Crippen molar-refractivity contribution in [3.63, 3.8) is 0 Å². The summed E-state index contributed by atoms with van der Waals surface area (Å²) in [6.45, 7) is 2.27. The average molecular weight is 308 g/mol. The second kappa shape index (κ2) is 6.19. The molecule has 1 aromatic heterocycles. The molecule has 2 heterocycles. The molecule has 1 saturated heterocycles. The van der Waals surface area contributed by atoms with Crippen LogP contribution in [0.25, 0.3) is 10.9 Å². The Morgan fingerprint density at radius 3 is 2.59 bits per heavy atom. The lowest BCUT2D eigenvalue weighted by atomic mass is 9.90. The number of aromatic nitrogens is 1. The Morgan fingerprint density at radius 2 is 1.68 bits per heavy atom. The summed E-state index contributed by atoms with van der Waals surface area (Å²) < 4.78 is 2.29. The number of benzene rings is 2. The fraction of sp³-hybridized carbons (Fsp3) is 0.263. The van der Waals surface area contributed by atoms with Gasteiger partial charge in [-0.25, -0.2) is 0 Å². The maximum atomic E-state index is 3.46. The molecule has 0 bridgehead atoms. The predicted molar refractivity (Wildman–Crippen MR) is 94.5 cm³/mol. The molecule has 2 nitrogen and oxygen atoms in total. The van der Waals surface area contributed by atoms with Crippen LogP contribution in [-0.4, -0.2) is 17.1 Å². The summed E-state index contributed by atoms with van der Waals surface area (Å²) in [4.78, 5) is 1.38. The highest BCUT2D eigenvalue weighted by atomic mass is 32.2. The highest BCUT2D eigenvalue weighted by Crippen LogP contribution is 2.35. The van der Waals surface area contributed by atoms with Crippen molar-refractivity contribution in [1.29, 1.82) is 0 Å². The van der Waals surface area contributed by atoms with E-state index in [1.807, 2.05) is 11.9 Å². The maximum Gasteiger partial charge on any atom is 0.0594 e. The third-order valence-electron chi connectivity index (χ3n) is 4.46. The van der Waals surface area contributed by atoms with Crippen molar-refractivity contribution in [2.45, 2.75) is 23.7 Å². The molecule has 4 rings (SSSR count). The highest BCUT2D eigenvalue weighted by Gasteiger charge is 2.18. The molecule has 0 radical (unpaired) electrons. The summed E-state index contributed by atoms with van der Waals surface area (Å²) >= 11 is 1.84. The van der Waals surface area contributed by atoms with E-state index in [4.69, 9.17) is 0 Å². The first-order valence-corrected chi connectivity index (χ1v) is 8.73. The van der Waals surface area contributed by atoms with Crippen molar-refractivity contribution in [1.82, 2.24) is 9.29 Å². The lowest BCUT2D eigenvalue weighted by Crippen LogP contribution is -2.26. The van der Waals surface area contributed by atoms with Gasteiger partial charge in [-0.15, -0.1) is 0 Å². The van der Waals surface area contributed by atoms with Gasteiger partial charge in [0, 0.05) is 16.5 Å². The van der Waals surface area contributed by atoms with Crippen LogP contribution in [0, 0.1) is 0 Å². The van der Waals surface area contributed by atoms with Crippen molar-refractivity contribution in [2.75, 3.05) is 13.1 Å². The van der Waals surface area contributed by atoms with Crippen LogP contribution in [0.3, 0.4) is 0 Å². The van der Waals surface area contributed by atoms with Crippen molar-refractivity contribution in [3.8, 4) is 0 Å². The molecule has 3 heteroatoms. The van der Waals surface area contributed by atoms with Crippen molar-refractivity contribution >= 4 is 22.9 Å². The molecule has 1 fully saturated rings. The minimum Gasteiger partial charge on any atom is -0.317 e. The Hall–Kier alpha value is -1.71. The Bertz CT molecular complexity index is 772. The van der Waals surface area contributed by atoms with Crippen LogP contribution in [0.4, 0.5) is 0 Å². The molecule has 0 atom stereocenters. The number of nitrogens with one attached hydrogen (secondary N) is 1. The van der Waals surface area contributed by atoms with Crippen molar-refractivity contribution < 1.29 is 0 Å². The maximum absolute atomic E-state index is 3.46. The number of para-hydroxylation sites is 1. The first-order chi connectivity index (χ1) is 10.9. The number of piperidine rings is 1. The molecular weight excluding hydrogens is 288 g/mol. The van der Waals surface area contributed by atoms with Crippen LogP contribution in [0.1, 0.15) is 24.3 Å². The third-order valence-corrected chi connectivity index (χ3v) is 5.54. The van der Waals surface area contributed by atoms with E-state index in [1.54, 1.807) is 0 Å². The van der Waals surface area contributed by atoms with Gasteiger partial charge in [0.25, 0.3) is 0 Å². The zero-order chi connectivity index (χ0) is 14.8. The second-order valence-corrected chi connectivity index (χ2v) is 6.87. The standard InChI is InChI=1S/C19H20N2S/c1-3-7-18-16(5-1)11-14-21(18)22-19-8-4-2-6-17(19)15-9-12-20-13-10-15/h1-8,11,14-15,20H,9-10,12-13H2. The molecule has 0 unspecified atom stereocenters. The second-order valence-electron chi connectivity index (χ2n) is 5.85. The number of nitrogens with zero attached hydrogens (tertiary/aromatic N) is 1. The van der Waals surface area contributed by atoms with E-state index in [1.165, 1.54) is 34.2 Å². The van der Waals surface area contributed by atoms with E-state index in [9.17, 15) is 0 Å².